The monoisotopic (exact) mass is 504 g/mol. The summed E-state index contributed by atoms with van der Waals surface area (Å²) in [4.78, 5) is 50.9. The standard InChI is InChI=1S/C26H21BrN2O4/c27-20-11-9-17(10-12-20)16-5-7-18(8-6-16)23(30)15-19(24(28)31)13-14-29-25(32)21-3-1-2-4-22(21)26(29)33/h1-12,19H,13-15H2,(H2,28,31). The Morgan fingerprint density at radius 2 is 1.33 bits per heavy atom. The minimum absolute atomic E-state index is 0.0235. The second-order valence-electron chi connectivity index (χ2n) is 7.91. The largest absolute Gasteiger partial charge is 0.369 e. The molecule has 7 heteroatoms. The van der Waals surface area contributed by atoms with Crippen LogP contribution in [0.1, 0.15) is 43.9 Å². The maximum absolute atomic E-state index is 12.8. The number of hydrogen-bond donors (Lipinski definition) is 1. The molecule has 1 aliphatic rings. The van der Waals surface area contributed by atoms with Crippen molar-refractivity contribution < 1.29 is 19.2 Å². The first-order valence-corrected chi connectivity index (χ1v) is 11.3. The molecular formula is C26H21BrN2O4. The first kappa shape index (κ1) is 22.6. The van der Waals surface area contributed by atoms with E-state index in [4.69, 9.17) is 5.73 Å². The van der Waals surface area contributed by atoms with Gasteiger partial charge in [-0.15, -0.1) is 0 Å². The maximum atomic E-state index is 12.8. The summed E-state index contributed by atoms with van der Waals surface area (Å²) in [5.41, 5.74) is 8.69. The Labute approximate surface area is 199 Å². The molecule has 4 rings (SSSR count). The Balaban J connectivity index is 1.40. The minimum Gasteiger partial charge on any atom is -0.369 e. The summed E-state index contributed by atoms with van der Waals surface area (Å²) >= 11 is 3.41. The third-order valence-electron chi connectivity index (χ3n) is 5.80. The number of benzene rings is 3. The van der Waals surface area contributed by atoms with E-state index in [1.165, 1.54) is 0 Å². The normalized spacial score (nSPS) is 13.7. The van der Waals surface area contributed by atoms with Gasteiger partial charge in [0.25, 0.3) is 11.8 Å². The van der Waals surface area contributed by atoms with E-state index in [9.17, 15) is 19.2 Å². The van der Waals surface area contributed by atoms with Crippen molar-refractivity contribution in [2.45, 2.75) is 12.8 Å². The van der Waals surface area contributed by atoms with E-state index >= 15 is 0 Å². The third kappa shape index (κ3) is 4.78. The molecule has 0 radical (unpaired) electrons. The van der Waals surface area contributed by atoms with E-state index < -0.39 is 23.6 Å². The number of hydrogen-bond acceptors (Lipinski definition) is 4. The molecule has 0 fully saturated rings. The highest BCUT2D eigenvalue weighted by molar-refractivity contribution is 9.10. The van der Waals surface area contributed by atoms with Gasteiger partial charge in [-0.25, -0.2) is 0 Å². The number of rotatable bonds is 8. The predicted octanol–water partition coefficient (Wildman–Crippen LogP) is 4.48. The van der Waals surface area contributed by atoms with Gasteiger partial charge in [-0.05, 0) is 41.8 Å². The molecule has 0 saturated carbocycles. The first-order chi connectivity index (χ1) is 15.8. The van der Waals surface area contributed by atoms with Crippen LogP contribution in [-0.2, 0) is 4.79 Å². The van der Waals surface area contributed by atoms with Crippen LogP contribution in [0.3, 0.4) is 0 Å². The van der Waals surface area contributed by atoms with Gasteiger partial charge in [0.2, 0.25) is 5.91 Å². The molecule has 0 aromatic heterocycles. The quantitative estimate of drug-likeness (QED) is 0.361. The number of primary amides is 1. The van der Waals surface area contributed by atoms with Crippen molar-refractivity contribution in [3.05, 3.63) is 94.0 Å². The van der Waals surface area contributed by atoms with Crippen LogP contribution in [0, 0.1) is 5.92 Å². The molecule has 1 heterocycles. The van der Waals surface area contributed by atoms with Gasteiger partial charge in [0.15, 0.2) is 5.78 Å². The Morgan fingerprint density at radius 1 is 0.818 bits per heavy atom. The van der Waals surface area contributed by atoms with Gasteiger partial charge in [0, 0.05) is 28.9 Å². The summed E-state index contributed by atoms with van der Waals surface area (Å²) in [7, 11) is 0. The molecule has 0 spiro atoms. The van der Waals surface area contributed by atoms with E-state index in [1.54, 1.807) is 36.4 Å². The number of carbonyl (C=O) groups is 4. The molecule has 6 nitrogen and oxygen atoms in total. The summed E-state index contributed by atoms with van der Waals surface area (Å²) in [5, 5.41) is 0. The van der Waals surface area contributed by atoms with Crippen LogP contribution in [0.5, 0.6) is 0 Å². The molecule has 0 saturated heterocycles. The van der Waals surface area contributed by atoms with E-state index in [2.05, 4.69) is 15.9 Å². The van der Waals surface area contributed by atoms with E-state index in [0.29, 0.717) is 16.7 Å². The molecule has 1 unspecified atom stereocenters. The zero-order valence-corrected chi connectivity index (χ0v) is 19.2. The number of ketones is 1. The molecule has 0 aliphatic carbocycles. The van der Waals surface area contributed by atoms with Gasteiger partial charge < -0.3 is 5.73 Å². The van der Waals surface area contributed by atoms with Gasteiger partial charge in [-0.1, -0.05) is 64.5 Å². The molecule has 1 aliphatic heterocycles. The minimum atomic E-state index is -0.784. The summed E-state index contributed by atoms with van der Waals surface area (Å²) in [6.07, 6.45) is 0.0413. The Bertz CT molecular complexity index is 1200. The van der Waals surface area contributed by atoms with Crippen molar-refractivity contribution in [1.29, 1.82) is 0 Å². The summed E-state index contributed by atoms with van der Waals surface area (Å²) in [6, 6.07) is 21.6. The smallest absolute Gasteiger partial charge is 0.261 e. The van der Waals surface area contributed by atoms with Crippen LogP contribution < -0.4 is 5.73 Å². The molecule has 0 bridgehead atoms. The SMILES string of the molecule is NC(=O)C(CCN1C(=O)c2ccccc2C1=O)CC(=O)c1ccc(-c2ccc(Br)cc2)cc1. The Hall–Kier alpha value is -3.58. The highest BCUT2D eigenvalue weighted by atomic mass is 79.9. The fraction of sp³-hybridized carbons (Fsp3) is 0.154. The summed E-state index contributed by atoms with van der Waals surface area (Å²) in [6.45, 7) is 0.0235. The lowest BCUT2D eigenvalue weighted by Gasteiger charge is -2.18. The molecule has 3 amide bonds. The lowest BCUT2D eigenvalue weighted by molar-refractivity contribution is -0.122. The average Bonchev–Trinajstić information content (AvgIpc) is 3.07. The van der Waals surface area contributed by atoms with Crippen LogP contribution in [0.4, 0.5) is 0 Å². The van der Waals surface area contributed by atoms with Crippen LogP contribution in [-0.4, -0.2) is 34.9 Å². The number of halogens is 1. The van der Waals surface area contributed by atoms with Gasteiger partial charge in [0.1, 0.15) is 0 Å². The molecule has 3 aromatic rings. The summed E-state index contributed by atoms with van der Waals surface area (Å²) in [5.74, 6) is -2.43. The van der Waals surface area contributed by atoms with Crippen molar-refractivity contribution in [3.8, 4) is 11.1 Å². The zero-order valence-electron chi connectivity index (χ0n) is 17.7. The van der Waals surface area contributed by atoms with Crippen LogP contribution in [0.25, 0.3) is 11.1 Å². The predicted molar refractivity (Wildman–Crippen MR) is 128 cm³/mol. The molecule has 2 N–H and O–H groups in total. The van der Waals surface area contributed by atoms with Crippen LogP contribution >= 0.6 is 15.9 Å². The third-order valence-corrected chi connectivity index (χ3v) is 6.33. The number of Topliss-reactive ketones (excluding diaryl/α,β-unsaturated/α-hetero) is 1. The molecular weight excluding hydrogens is 484 g/mol. The lowest BCUT2D eigenvalue weighted by atomic mass is 9.93. The van der Waals surface area contributed by atoms with Crippen molar-refractivity contribution in [2.24, 2.45) is 11.7 Å². The zero-order chi connectivity index (χ0) is 23.5. The highest BCUT2D eigenvalue weighted by Gasteiger charge is 2.35. The number of carbonyl (C=O) groups excluding carboxylic acids is 4. The Morgan fingerprint density at radius 3 is 1.85 bits per heavy atom. The van der Waals surface area contributed by atoms with Crippen LogP contribution in [0.2, 0.25) is 0 Å². The van der Waals surface area contributed by atoms with Gasteiger partial charge in [-0.3, -0.25) is 24.1 Å². The van der Waals surface area contributed by atoms with Gasteiger partial charge in [0.05, 0.1) is 11.1 Å². The maximum Gasteiger partial charge on any atom is 0.261 e. The van der Waals surface area contributed by atoms with Crippen molar-refractivity contribution in [2.75, 3.05) is 6.54 Å². The molecule has 1 atom stereocenters. The number of imide groups is 1. The number of fused-ring (bicyclic) bond motifs is 1. The highest BCUT2D eigenvalue weighted by Crippen LogP contribution is 2.25. The number of nitrogens with two attached hydrogens (primary N) is 1. The van der Waals surface area contributed by atoms with Crippen molar-refractivity contribution in [1.82, 2.24) is 4.90 Å². The van der Waals surface area contributed by atoms with Crippen LogP contribution in [0.15, 0.2) is 77.3 Å². The Kier molecular flexibility index (Phi) is 6.51. The average molecular weight is 505 g/mol. The second kappa shape index (κ2) is 9.50. The van der Waals surface area contributed by atoms with E-state index in [1.807, 2.05) is 36.4 Å². The fourth-order valence-corrected chi connectivity index (χ4v) is 4.17. The van der Waals surface area contributed by atoms with Crippen molar-refractivity contribution in [3.63, 3.8) is 0 Å². The number of nitrogens with zero attached hydrogens (tertiary/aromatic N) is 1. The van der Waals surface area contributed by atoms with Crippen molar-refractivity contribution >= 4 is 39.4 Å². The molecule has 33 heavy (non-hydrogen) atoms. The fourth-order valence-electron chi connectivity index (χ4n) is 3.90. The van der Waals surface area contributed by atoms with Gasteiger partial charge in [-0.2, -0.15) is 0 Å². The van der Waals surface area contributed by atoms with E-state index in [-0.39, 0.29) is 25.2 Å². The van der Waals surface area contributed by atoms with E-state index in [0.717, 1.165) is 20.5 Å². The molecule has 166 valence electrons. The lowest BCUT2D eigenvalue weighted by Crippen LogP contribution is -2.35. The number of amides is 3. The second-order valence-corrected chi connectivity index (χ2v) is 8.82. The summed E-state index contributed by atoms with van der Waals surface area (Å²) < 4.78 is 0.983. The molecule has 3 aromatic carbocycles. The van der Waals surface area contributed by atoms with Gasteiger partial charge >= 0.3 is 0 Å². The topological polar surface area (TPSA) is 97.5 Å². The first-order valence-electron chi connectivity index (χ1n) is 10.5.